The normalized spacial score (nSPS) is 15.9. The van der Waals surface area contributed by atoms with Crippen LogP contribution in [0.25, 0.3) is 6.08 Å². The van der Waals surface area contributed by atoms with Gasteiger partial charge in [0.15, 0.2) is 0 Å². The van der Waals surface area contributed by atoms with Gasteiger partial charge >= 0.3 is 5.88 Å². The maximum atomic E-state index is 13.3. The summed E-state index contributed by atoms with van der Waals surface area (Å²) in [7, 11) is 0. The first-order chi connectivity index (χ1) is 11.4. The number of amides is 2. The maximum absolute atomic E-state index is 13.3. The van der Waals surface area contributed by atoms with Crippen molar-refractivity contribution in [2.24, 2.45) is 0 Å². The van der Waals surface area contributed by atoms with Crippen LogP contribution in [0.15, 0.2) is 40.3 Å². The van der Waals surface area contributed by atoms with Crippen LogP contribution < -0.4 is 10.4 Å². The fraction of sp³-hybridized carbons (Fsp3) is 0.0667. The standard InChI is InChI=1S/C15H10FN3O5/c1-8-6-9(2-4-12(8)16)18-15(21)11(14(20)17-18)7-10-3-5-13(24-10)19(22)23/h2-7H,1H3,(H,17,20)/b11-7+. The van der Waals surface area contributed by atoms with Crippen LogP contribution in [0.1, 0.15) is 11.3 Å². The summed E-state index contributed by atoms with van der Waals surface area (Å²) in [5.74, 6) is -2.31. The molecule has 2 aromatic rings. The lowest BCUT2D eigenvalue weighted by Crippen LogP contribution is -2.35. The number of nitrogens with zero attached hydrogens (tertiary/aromatic N) is 2. The van der Waals surface area contributed by atoms with Gasteiger partial charge in [-0.2, -0.15) is 0 Å². The van der Waals surface area contributed by atoms with Crippen molar-refractivity contribution >= 4 is 29.5 Å². The molecule has 0 saturated carbocycles. The maximum Gasteiger partial charge on any atom is 0.433 e. The van der Waals surface area contributed by atoms with E-state index in [1.54, 1.807) is 0 Å². The van der Waals surface area contributed by atoms with Crippen LogP contribution in [-0.2, 0) is 9.59 Å². The number of rotatable bonds is 3. The number of furan rings is 1. The molecule has 9 heteroatoms. The summed E-state index contributed by atoms with van der Waals surface area (Å²) >= 11 is 0. The van der Waals surface area contributed by atoms with Crippen molar-refractivity contribution < 1.29 is 23.3 Å². The first-order valence-electron chi connectivity index (χ1n) is 6.74. The van der Waals surface area contributed by atoms with E-state index in [4.69, 9.17) is 4.42 Å². The Labute approximate surface area is 134 Å². The topological polar surface area (TPSA) is 106 Å². The van der Waals surface area contributed by atoms with Gasteiger partial charge in [-0.05, 0) is 42.8 Å². The highest BCUT2D eigenvalue weighted by Crippen LogP contribution is 2.24. The highest BCUT2D eigenvalue weighted by atomic mass is 19.1. The van der Waals surface area contributed by atoms with E-state index in [0.29, 0.717) is 11.3 Å². The van der Waals surface area contributed by atoms with Crippen LogP contribution in [0.2, 0.25) is 0 Å². The molecule has 1 fully saturated rings. The first kappa shape index (κ1) is 15.4. The molecule has 1 N–H and O–H groups in total. The zero-order chi connectivity index (χ0) is 17.4. The summed E-state index contributed by atoms with van der Waals surface area (Å²) in [6.45, 7) is 1.53. The van der Waals surface area contributed by atoms with E-state index in [9.17, 15) is 24.1 Å². The largest absolute Gasteiger partial charge is 0.433 e. The number of hydrogen-bond donors (Lipinski definition) is 1. The smallest absolute Gasteiger partial charge is 0.401 e. The number of hydrogen-bond acceptors (Lipinski definition) is 5. The van der Waals surface area contributed by atoms with E-state index in [1.807, 2.05) is 0 Å². The lowest BCUT2D eigenvalue weighted by molar-refractivity contribution is -0.402. The predicted molar refractivity (Wildman–Crippen MR) is 80.1 cm³/mol. The van der Waals surface area contributed by atoms with Crippen molar-refractivity contribution in [3.05, 3.63) is 63.2 Å². The van der Waals surface area contributed by atoms with Crippen molar-refractivity contribution in [3.8, 4) is 0 Å². The third kappa shape index (κ3) is 2.62. The minimum Gasteiger partial charge on any atom is -0.401 e. The monoisotopic (exact) mass is 331 g/mol. The average molecular weight is 331 g/mol. The van der Waals surface area contributed by atoms with Crippen LogP contribution in [-0.4, -0.2) is 16.7 Å². The minimum atomic E-state index is -0.730. The number of hydrazine groups is 1. The van der Waals surface area contributed by atoms with Crippen molar-refractivity contribution in [2.45, 2.75) is 6.92 Å². The summed E-state index contributed by atoms with van der Waals surface area (Å²) in [5.41, 5.74) is 2.70. The van der Waals surface area contributed by atoms with Crippen molar-refractivity contribution in [2.75, 3.05) is 5.01 Å². The highest BCUT2D eigenvalue weighted by Gasteiger charge is 2.35. The molecule has 0 bridgehead atoms. The lowest BCUT2D eigenvalue weighted by Gasteiger charge is -2.15. The molecule has 0 aliphatic carbocycles. The molecule has 1 aromatic carbocycles. The fourth-order valence-electron chi connectivity index (χ4n) is 2.17. The summed E-state index contributed by atoms with van der Waals surface area (Å²) in [4.78, 5) is 34.2. The van der Waals surface area contributed by atoms with E-state index >= 15 is 0 Å². The number of halogens is 1. The van der Waals surface area contributed by atoms with Gasteiger partial charge in [-0.3, -0.25) is 25.1 Å². The van der Waals surface area contributed by atoms with Gasteiger partial charge in [0.2, 0.25) is 0 Å². The second-order valence-electron chi connectivity index (χ2n) is 5.01. The van der Waals surface area contributed by atoms with Gasteiger partial charge in [-0.25, -0.2) is 9.40 Å². The Morgan fingerprint density at radius 1 is 1.29 bits per heavy atom. The second kappa shape index (κ2) is 5.61. The molecule has 2 heterocycles. The molecular weight excluding hydrogens is 321 g/mol. The number of nitro groups is 1. The first-order valence-corrected chi connectivity index (χ1v) is 6.74. The van der Waals surface area contributed by atoms with Crippen LogP contribution >= 0.6 is 0 Å². The number of nitrogens with one attached hydrogen (secondary N) is 1. The van der Waals surface area contributed by atoms with Gasteiger partial charge in [0.05, 0.1) is 11.8 Å². The van der Waals surface area contributed by atoms with E-state index in [1.165, 1.54) is 31.2 Å². The third-order valence-corrected chi connectivity index (χ3v) is 3.37. The molecule has 24 heavy (non-hydrogen) atoms. The number of benzene rings is 1. The van der Waals surface area contributed by atoms with Gasteiger partial charge in [-0.15, -0.1) is 0 Å². The molecule has 1 aliphatic rings. The predicted octanol–water partition coefficient (Wildman–Crippen LogP) is 2.10. The summed E-state index contributed by atoms with van der Waals surface area (Å²) < 4.78 is 18.2. The minimum absolute atomic E-state index is 0.00247. The second-order valence-corrected chi connectivity index (χ2v) is 5.01. The number of carbonyl (C=O) groups excluding carboxylic acids is 2. The summed E-state index contributed by atoms with van der Waals surface area (Å²) in [5, 5.41) is 11.6. The van der Waals surface area contributed by atoms with Gasteiger partial charge in [0, 0.05) is 0 Å². The Balaban J connectivity index is 1.92. The third-order valence-electron chi connectivity index (χ3n) is 3.37. The molecule has 1 aliphatic heterocycles. The van der Waals surface area contributed by atoms with Crippen LogP contribution in [0.3, 0.4) is 0 Å². The van der Waals surface area contributed by atoms with Gasteiger partial charge in [0.25, 0.3) is 11.8 Å². The Bertz CT molecular complexity index is 902. The van der Waals surface area contributed by atoms with Crippen molar-refractivity contribution in [1.82, 2.24) is 5.43 Å². The highest BCUT2D eigenvalue weighted by molar-refractivity contribution is 6.31. The average Bonchev–Trinajstić information content (AvgIpc) is 3.11. The molecule has 2 amide bonds. The molecule has 1 aromatic heterocycles. The van der Waals surface area contributed by atoms with E-state index < -0.39 is 28.4 Å². The van der Waals surface area contributed by atoms with Crippen molar-refractivity contribution in [3.63, 3.8) is 0 Å². The van der Waals surface area contributed by atoms with Crippen LogP contribution in [0.4, 0.5) is 16.0 Å². The van der Waals surface area contributed by atoms with Crippen molar-refractivity contribution in [1.29, 1.82) is 0 Å². The number of aryl methyl sites for hydroxylation is 1. The summed E-state index contributed by atoms with van der Waals surface area (Å²) in [6, 6.07) is 6.33. The van der Waals surface area contributed by atoms with Gasteiger partial charge < -0.3 is 4.42 Å². The quantitative estimate of drug-likeness (QED) is 0.401. The van der Waals surface area contributed by atoms with Gasteiger partial charge in [-0.1, -0.05) is 0 Å². The molecular formula is C15H10FN3O5. The lowest BCUT2D eigenvalue weighted by atomic mass is 10.2. The molecule has 122 valence electrons. The molecule has 0 radical (unpaired) electrons. The molecule has 1 saturated heterocycles. The van der Waals surface area contributed by atoms with Crippen LogP contribution in [0.5, 0.6) is 0 Å². The Kier molecular flexibility index (Phi) is 3.60. The van der Waals surface area contributed by atoms with E-state index in [-0.39, 0.29) is 11.3 Å². The zero-order valence-corrected chi connectivity index (χ0v) is 12.3. The van der Waals surface area contributed by atoms with E-state index in [0.717, 1.165) is 17.2 Å². The molecule has 0 atom stereocenters. The molecule has 8 nitrogen and oxygen atoms in total. The zero-order valence-electron chi connectivity index (χ0n) is 12.3. The van der Waals surface area contributed by atoms with Crippen LogP contribution in [0, 0.1) is 22.9 Å². The Hall–Kier alpha value is -3.49. The number of anilines is 1. The summed E-state index contributed by atoms with van der Waals surface area (Å²) in [6.07, 6.45) is 1.11. The number of carbonyl (C=O) groups is 2. The Morgan fingerprint density at radius 2 is 2.04 bits per heavy atom. The molecule has 3 rings (SSSR count). The fourth-order valence-corrected chi connectivity index (χ4v) is 2.17. The van der Waals surface area contributed by atoms with Gasteiger partial charge in [0.1, 0.15) is 22.1 Å². The SMILES string of the molecule is Cc1cc(N2NC(=O)/C(=C\c3ccc([N+](=O)[O-])o3)C2=O)ccc1F. The molecule has 0 unspecified atom stereocenters. The molecule has 0 spiro atoms. The Morgan fingerprint density at radius 3 is 2.67 bits per heavy atom. The van der Waals surface area contributed by atoms with E-state index in [2.05, 4.69) is 5.43 Å².